The van der Waals surface area contributed by atoms with Crippen molar-refractivity contribution in [3.63, 3.8) is 0 Å². The summed E-state index contributed by atoms with van der Waals surface area (Å²) in [4.78, 5) is 29.3. The van der Waals surface area contributed by atoms with Gasteiger partial charge >= 0.3 is 0 Å². The number of hydrogen-bond acceptors (Lipinski definition) is 4. The molecule has 2 aromatic heterocycles. The summed E-state index contributed by atoms with van der Waals surface area (Å²) in [5.74, 6) is -0.317. The summed E-state index contributed by atoms with van der Waals surface area (Å²) in [5, 5.41) is 8.58. The summed E-state index contributed by atoms with van der Waals surface area (Å²) < 4.78 is 1.95. The predicted molar refractivity (Wildman–Crippen MR) is 134 cm³/mol. The Labute approximate surface area is 197 Å². The molecule has 2 amide bonds. The number of aromatic nitrogens is 2. The third-order valence-electron chi connectivity index (χ3n) is 5.53. The summed E-state index contributed by atoms with van der Waals surface area (Å²) in [6.07, 6.45) is 0.773. The van der Waals surface area contributed by atoms with Crippen LogP contribution in [-0.2, 0) is 11.3 Å². The Morgan fingerprint density at radius 1 is 1.06 bits per heavy atom. The van der Waals surface area contributed by atoms with Crippen LogP contribution in [0.2, 0.25) is 0 Å². The lowest BCUT2D eigenvalue weighted by Gasteiger charge is -2.21. The van der Waals surface area contributed by atoms with Crippen LogP contribution in [0.15, 0.2) is 60.7 Å². The van der Waals surface area contributed by atoms with Gasteiger partial charge in [-0.05, 0) is 43.5 Å². The van der Waals surface area contributed by atoms with E-state index >= 15 is 0 Å². The van der Waals surface area contributed by atoms with E-state index in [0.717, 1.165) is 39.1 Å². The Bertz CT molecular complexity index is 1280. The van der Waals surface area contributed by atoms with Crippen molar-refractivity contribution in [2.75, 3.05) is 18.4 Å². The number of aryl methyl sites for hydroxylation is 2. The van der Waals surface area contributed by atoms with Gasteiger partial charge in [0.25, 0.3) is 5.91 Å². The topological polar surface area (TPSA) is 67.2 Å². The van der Waals surface area contributed by atoms with Crippen LogP contribution in [0, 0.1) is 13.8 Å². The van der Waals surface area contributed by atoms with E-state index in [1.54, 1.807) is 4.90 Å². The summed E-state index contributed by atoms with van der Waals surface area (Å²) in [6, 6.07) is 19.7. The molecule has 0 aliphatic heterocycles. The number of carbonyl (C=O) groups is 2. The third-order valence-corrected chi connectivity index (χ3v) is 6.66. The standard InChI is InChI=1S/C26H28N4O2S/c1-4-14-29(17-24(31)27-22-13-9-8-10-18(22)2)25(32)23-15-21-19(3)28-30(26(21)33-23)16-20-11-6-5-7-12-20/h5-13,15H,4,14,16-17H2,1-3H3,(H,27,31). The van der Waals surface area contributed by atoms with Crippen molar-refractivity contribution in [1.82, 2.24) is 14.7 Å². The maximum absolute atomic E-state index is 13.4. The van der Waals surface area contributed by atoms with Crippen molar-refractivity contribution >= 4 is 39.1 Å². The largest absolute Gasteiger partial charge is 0.329 e. The number of nitrogens with one attached hydrogen (secondary N) is 1. The molecule has 0 spiro atoms. The van der Waals surface area contributed by atoms with Crippen LogP contribution in [0.4, 0.5) is 5.69 Å². The quantitative estimate of drug-likeness (QED) is 0.390. The van der Waals surface area contributed by atoms with Crippen LogP contribution in [0.1, 0.15) is 39.8 Å². The molecule has 33 heavy (non-hydrogen) atoms. The van der Waals surface area contributed by atoms with E-state index < -0.39 is 0 Å². The molecule has 0 unspecified atom stereocenters. The molecule has 0 radical (unpaired) electrons. The zero-order chi connectivity index (χ0) is 23.4. The van der Waals surface area contributed by atoms with Crippen LogP contribution in [0.3, 0.4) is 0 Å². The average molecular weight is 461 g/mol. The summed E-state index contributed by atoms with van der Waals surface area (Å²) in [6.45, 7) is 7.10. The minimum atomic E-state index is -0.196. The lowest BCUT2D eigenvalue weighted by molar-refractivity contribution is -0.116. The third kappa shape index (κ3) is 5.14. The fourth-order valence-electron chi connectivity index (χ4n) is 3.84. The minimum Gasteiger partial charge on any atom is -0.329 e. The molecule has 0 bridgehead atoms. The van der Waals surface area contributed by atoms with E-state index in [9.17, 15) is 9.59 Å². The number of amides is 2. The molecule has 2 aromatic carbocycles. The first-order chi connectivity index (χ1) is 16.0. The number of nitrogens with zero attached hydrogens (tertiary/aromatic N) is 3. The maximum atomic E-state index is 13.4. The van der Waals surface area contributed by atoms with Crippen LogP contribution >= 0.6 is 11.3 Å². The first-order valence-electron chi connectivity index (χ1n) is 11.1. The van der Waals surface area contributed by atoms with Gasteiger partial charge in [-0.1, -0.05) is 55.5 Å². The van der Waals surface area contributed by atoms with Crippen molar-refractivity contribution in [3.05, 3.63) is 82.4 Å². The van der Waals surface area contributed by atoms with Crippen molar-refractivity contribution < 1.29 is 9.59 Å². The zero-order valence-electron chi connectivity index (χ0n) is 19.2. The van der Waals surface area contributed by atoms with E-state index in [0.29, 0.717) is 18.0 Å². The minimum absolute atomic E-state index is 0.0182. The van der Waals surface area contributed by atoms with Crippen LogP contribution < -0.4 is 5.32 Å². The molecule has 0 fully saturated rings. The molecule has 2 heterocycles. The summed E-state index contributed by atoms with van der Waals surface area (Å²) in [5.41, 5.74) is 3.81. The monoisotopic (exact) mass is 460 g/mol. The van der Waals surface area contributed by atoms with Gasteiger partial charge in [0.1, 0.15) is 11.4 Å². The molecule has 6 nitrogen and oxygen atoms in total. The molecule has 170 valence electrons. The molecule has 4 aromatic rings. The highest BCUT2D eigenvalue weighted by Crippen LogP contribution is 2.30. The fourth-order valence-corrected chi connectivity index (χ4v) is 4.96. The van der Waals surface area contributed by atoms with Gasteiger partial charge in [-0.3, -0.25) is 14.3 Å². The zero-order valence-corrected chi connectivity index (χ0v) is 20.0. The Balaban J connectivity index is 1.54. The number of fused-ring (bicyclic) bond motifs is 1. The van der Waals surface area contributed by atoms with E-state index in [2.05, 4.69) is 22.5 Å². The van der Waals surface area contributed by atoms with E-state index in [1.165, 1.54) is 11.3 Å². The van der Waals surface area contributed by atoms with Gasteiger partial charge in [-0.15, -0.1) is 11.3 Å². The van der Waals surface area contributed by atoms with Crippen molar-refractivity contribution in [2.45, 2.75) is 33.7 Å². The van der Waals surface area contributed by atoms with Crippen molar-refractivity contribution in [3.8, 4) is 0 Å². The molecule has 0 saturated heterocycles. The van der Waals surface area contributed by atoms with Gasteiger partial charge in [0.2, 0.25) is 5.91 Å². The highest BCUT2D eigenvalue weighted by molar-refractivity contribution is 7.20. The number of carbonyl (C=O) groups excluding carboxylic acids is 2. The molecule has 0 aliphatic carbocycles. The Morgan fingerprint density at radius 2 is 1.79 bits per heavy atom. The smallest absolute Gasteiger partial charge is 0.264 e. The number of rotatable bonds is 8. The second-order valence-electron chi connectivity index (χ2n) is 8.15. The number of hydrogen-bond donors (Lipinski definition) is 1. The van der Waals surface area contributed by atoms with Crippen LogP contribution in [-0.4, -0.2) is 39.6 Å². The molecular formula is C26H28N4O2S. The van der Waals surface area contributed by atoms with Gasteiger partial charge in [0.15, 0.2) is 0 Å². The molecular weight excluding hydrogens is 432 g/mol. The predicted octanol–water partition coefficient (Wildman–Crippen LogP) is 5.25. The number of benzene rings is 2. The Hall–Kier alpha value is -3.45. The van der Waals surface area contributed by atoms with Gasteiger partial charge in [0.05, 0.1) is 17.1 Å². The molecule has 0 aliphatic rings. The van der Waals surface area contributed by atoms with Gasteiger partial charge in [-0.2, -0.15) is 5.10 Å². The normalized spacial score (nSPS) is 11.0. The second kappa shape index (κ2) is 10.0. The summed E-state index contributed by atoms with van der Waals surface area (Å²) in [7, 11) is 0. The first kappa shape index (κ1) is 22.7. The first-order valence-corrected chi connectivity index (χ1v) is 11.9. The van der Waals surface area contributed by atoms with Gasteiger partial charge in [-0.25, -0.2) is 0 Å². The molecule has 1 N–H and O–H groups in total. The summed E-state index contributed by atoms with van der Waals surface area (Å²) >= 11 is 1.44. The SMILES string of the molecule is CCCN(CC(=O)Nc1ccccc1C)C(=O)c1cc2c(C)nn(Cc3ccccc3)c2s1. The van der Waals surface area contributed by atoms with Crippen molar-refractivity contribution in [1.29, 1.82) is 0 Å². The highest BCUT2D eigenvalue weighted by atomic mass is 32.1. The van der Waals surface area contributed by atoms with Crippen LogP contribution in [0.5, 0.6) is 0 Å². The van der Waals surface area contributed by atoms with Gasteiger partial charge < -0.3 is 10.2 Å². The molecule has 0 atom stereocenters. The van der Waals surface area contributed by atoms with Crippen molar-refractivity contribution in [2.24, 2.45) is 0 Å². The fraction of sp³-hybridized carbons (Fsp3) is 0.269. The Kier molecular flexibility index (Phi) is 6.89. The molecule has 0 saturated carbocycles. The number of para-hydroxylation sites is 1. The highest BCUT2D eigenvalue weighted by Gasteiger charge is 2.23. The second-order valence-corrected chi connectivity index (χ2v) is 9.18. The van der Waals surface area contributed by atoms with E-state index in [4.69, 9.17) is 0 Å². The molecule has 4 rings (SSSR count). The maximum Gasteiger partial charge on any atom is 0.264 e. The van der Waals surface area contributed by atoms with Crippen LogP contribution in [0.25, 0.3) is 10.2 Å². The average Bonchev–Trinajstić information content (AvgIpc) is 3.36. The van der Waals surface area contributed by atoms with E-state index in [-0.39, 0.29) is 18.4 Å². The Morgan fingerprint density at radius 3 is 2.52 bits per heavy atom. The lowest BCUT2D eigenvalue weighted by atomic mass is 10.2. The number of anilines is 1. The van der Waals surface area contributed by atoms with E-state index in [1.807, 2.05) is 74.0 Å². The lowest BCUT2D eigenvalue weighted by Crippen LogP contribution is -2.38. The number of thiophene rings is 1. The van der Waals surface area contributed by atoms with Gasteiger partial charge in [0, 0.05) is 17.6 Å². The molecule has 7 heteroatoms.